The van der Waals surface area contributed by atoms with Crippen molar-refractivity contribution in [3.63, 3.8) is 0 Å². The average Bonchev–Trinajstić information content (AvgIpc) is 3.23. The first-order valence-corrected chi connectivity index (χ1v) is 11.9. The molecule has 0 saturated carbocycles. The van der Waals surface area contributed by atoms with Crippen LogP contribution in [0, 0.1) is 5.82 Å². The lowest BCUT2D eigenvalue weighted by molar-refractivity contribution is 0.0941. The highest BCUT2D eigenvalue weighted by molar-refractivity contribution is 9.10. The van der Waals surface area contributed by atoms with Gasteiger partial charge in [0.15, 0.2) is 0 Å². The van der Waals surface area contributed by atoms with Crippen molar-refractivity contribution in [1.29, 1.82) is 0 Å². The molecule has 30 heavy (non-hydrogen) atoms. The number of amides is 1. The van der Waals surface area contributed by atoms with Crippen LogP contribution in [0.4, 0.5) is 4.39 Å². The number of nitrogens with one attached hydrogen (secondary N) is 1. The number of nitrogens with zero attached hydrogens (tertiary/aromatic N) is 2. The molecular formula is C21H25BrFN3O3S. The lowest BCUT2D eigenvalue weighted by Gasteiger charge is -2.25. The predicted molar refractivity (Wildman–Crippen MR) is 117 cm³/mol. The van der Waals surface area contributed by atoms with Crippen LogP contribution in [-0.2, 0) is 10.0 Å². The van der Waals surface area contributed by atoms with E-state index in [0.29, 0.717) is 17.6 Å². The molecular weight excluding hydrogens is 473 g/mol. The number of carbonyl (C=O) groups is 1. The number of benzene rings is 2. The van der Waals surface area contributed by atoms with Gasteiger partial charge in [-0.1, -0.05) is 12.1 Å². The second-order valence-corrected chi connectivity index (χ2v) is 10.3. The summed E-state index contributed by atoms with van der Waals surface area (Å²) < 4.78 is 41.2. The standard InChI is InChI=1S/C21H25BrFN3O3S/c1-25(2)20(15-6-5-7-16(23)12-15)14-24-21(27)18-13-17(8-9-19(18)22)30(28,29)26-10-3-4-11-26/h5-9,12-13,20H,3-4,10-11,14H2,1-2H3,(H,24,27). The number of hydrogen-bond acceptors (Lipinski definition) is 4. The molecule has 0 aliphatic carbocycles. The summed E-state index contributed by atoms with van der Waals surface area (Å²) in [5.74, 6) is -0.739. The fourth-order valence-electron chi connectivity index (χ4n) is 3.51. The molecule has 1 atom stereocenters. The maximum atomic E-state index is 13.6. The lowest BCUT2D eigenvalue weighted by Crippen LogP contribution is -2.35. The van der Waals surface area contributed by atoms with E-state index in [0.717, 1.165) is 18.4 Å². The van der Waals surface area contributed by atoms with Crippen LogP contribution in [0.2, 0.25) is 0 Å². The largest absolute Gasteiger partial charge is 0.350 e. The zero-order valence-corrected chi connectivity index (χ0v) is 19.3. The minimum absolute atomic E-state index is 0.104. The van der Waals surface area contributed by atoms with Gasteiger partial charge in [-0.3, -0.25) is 4.79 Å². The molecule has 1 aliphatic rings. The van der Waals surface area contributed by atoms with Crippen molar-refractivity contribution < 1.29 is 17.6 Å². The molecule has 0 radical (unpaired) electrons. The van der Waals surface area contributed by atoms with E-state index in [9.17, 15) is 17.6 Å². The number of likely N-dealkylation sites (N-methyl/N-ethyl adjacent to an activating group) is 1. The van der Waals surface area contributed by atoms with Crippen LogP contribution < -0.4 is 5.32 Å². The fourth-order valence-corrected chi connectivity index (χ4v) is 5.48. The SMILES string of the molecule is CN(C)C(CNC(=O)c1cc(S(=O)(=O)N2CCCC2)ccc1Br)c1cccc(F)c1. The highest BCUT2D eigenvalue weighted by Gasteiger charge is 2.28. The first-order chi connectivity index (χ1) is 14.2. The fraction of sp³-hybridized carbons (Fsp3) is 0.381. The Hall–Kier alpha value is -1.81. The maximum absolute atomic E-state index is 13.6. The lowest BCUT2D eigenvalue weighted by atomic mass is 10.1. The molecule has 0 spiro atoms. The number of carbonyl (C=O) groups excluding carboxylic acids is 1. The van der Waals surface area contributed by atoms with Gasteiger partial charge >= 0.3 is 0 Å². The van der Waals surface area contributed by atoms with Crippen LogP contribution in [0.15, 0.2) is 51.8 Å². The van der Waals surface area contributed by atoms with Crippen LogP contribution in [-0.4, -0.2) is 57.3 Å². The minimum Gasteiger partial charge on any atom is -0.350 e. The van der Waals surface area contributed by atoms with E-state index < -0.39 is 15.9 Å². The maximum Gasteiger partial charge on any atom is 0.252 e. The Bertz CT molecular complexity index is 1020. The molecule has 3 rings (SSSR count). The molecule has 1 aliphatic heterocycles. The van der Waals surface area contributed by atoms with Gasteiger partial charge in [-0.25, -0.2) is 12.8 Å². The zero-order valence-electron chi connectivity index (χ0n) is 16.9. The van der Waals surface area contributed by atoms with Crippen molar-refractivity contribution >= 4 is 31.9 Å². The van der Waals surface area contributed by atoms with Crippen molar-refractivity contribution in [3.05, 3.63) is 63.9 Å². The van der Waals surface area contributed by atoms with E-state index in [1.807, 2.05) is 19.0 Å². The third-order valence-corrected chi connectivity index (χ3v) is 7.78. The molecule has 2 aromatic carbocycles. The number of hydrogen-bond donors (Lipinski definition) is 1. The van der Waals surface area contributed by atoms with E-state index in [1.54, 1.807) is 18.2 Å². The molecule has 162 valence electrons. The van der Waals surface area contributed by atoms with Gasteiger partial charge in [-0.15, -0.1) is 0 Å². The van der Waals surface area contributed by atoms with Crippen molar-refractivity contribution in [1.82, 2.24) is 14.5 Å². The number of rotatable bonds is 7. The Morgan fingerprint density at radius 3 is 2.53 bits per heavy atom. The van der Waals surface area contributed by atoms with Crippen molar-refractivity contribution in [2.75, 3.05) is 33.7 Å². The molecule has 1 saturated heterocycles. The van der Waals surface area contributed by atoms with Crippen LogP contribution in [0.1, 0.15) is 34.8 Å². The first kappa shape index (κ1) is 22.9. The summed E-state index contributed by atoms with van der Waals surface area (Å²) in [7, 11) is 0.0749. The van der Waals surface area contributed by atoms with Gasteiger partial charge in [0.2, 0.25) is 10.0 Å². The summed E-state index contributed by atoms with van der Waals surface area (Å²) in [6.07, 6.45) is 1.68. The Labute approximate surface area is 185 Å². The third-order valence-electron chi connectivity index (χ3n) is 5.20. The van der Waals surface area contributed by atoms with Crippen molar-refractivity contribution in [2.24, 2.45) is 0 Å². The van der Waals surface area contributed by atoms with Crippen molar-refractivity contribution in [3.8, 4) is 0 Å². The summed E-state index contributed by atoms with van der Waals surface area (Å²) in [5.41, 5.74) is 0.983. The Kier molecular flexibility index (Phi) is 7.28. The molecule has 1 unspecified atom stereocenters. The van der Waals surface area contributed by atoms with Crippen LogP contribution in [0.25, 0.3) is 0 Å². The van der Waals surface area contributed by atoms with Gasteiger partial charge in [-0.2, -0.15) is 4.31 Å². The summed E-state index contributed by atoms with van der Waals surface area (Å²) in [6, 6.07) is 10.5. The first-order valence-electron chi connectivity index (χ1n) is 9.70. The van der Waals surface area contributed by atoms with Gasteiger partial charge in [0.1, 0.15) is 5.82 Å². The molecule has 0 aromatic heterocycles. The topological polar surface area (TPSA) is 69.7 Å². The van der Waals surface area contributed by atoms with E-state index in [4.69, 9.17) is 0 Å². The Balaban J connectivity index is 1.79. The number of sulfonamides is 1. The normalized spacial score (nSPS) is 16.0. The second kappa shape index (κ2) is 9.55. The monoisotopic (exact) mass is 497 g/mol. The average molecular weight is 498 g/mol. The van der Waals surface area contributed by atoms with Crippen LogP contribution >= 0.6 is 15.9 Å². The van der Waals surface area contributed by atoms with Crippen molar-refractivity contribution in [2.45, 2.75) is 23.8 Å². The summed E-state index contributed by atoms with van der Waals surface area (Å²) in [5, 5.41) is 2.85. The summed E-state index contributed by atoms with van der Waals surface area (Å²) in [6.45, 7) is 1.24. The zero-order chi connectivity index (χ0) is 21.9. The Morgan fingerprint density at radius 2 is 1.90 bits per heavy atom. The van der Waals surface area contributed by atoms with Gasteiger partial charge < -0.3 is 10.2 Å². The summed E-state index contributed by atoms with van der Waals surface area (Å²) in [4.78, 5) is 14.8. The molecule has 1 heterocycles. The molecule has 0 bridgehead atoms. The Morgan fingerprint density at radius 1 is 1.20 bits per heavy atom. The molecule has 1 N–H and O–H groups in total. The summed E-state index contributed by atoms with van der Waals surface area (Å²) >= 11 is 3.34. The van der Waals surface area contributed by atoms with E-state index in [-0.39, 0.29) is 28.9 Å². The van der Waals surface area contributed by atoms with E-state index >= 15 is 0 Å². The highest BCUT2D eigenvalue weighted by atomic mass is 79.9. The second-order valence-electron chi connectivity index (χ2n) is 7.50. The quantitative estimate of drug-likeness (QED) is 0.636. The predicted octanol–water partition coefficient (Wildman–Crippen LogP) is 3.41. The molecule has 1 fully saturated rings. The van der Waals surface area contributed by atoms with Crippen LogP contribution in [0.3, 0.4) is 0 Å². The minimum atomic E-state index is -3.62. The number of halogens is 2. The van der Waals surface area contributed by atoms with E-state index in [1.165, 1.54) is 28.6 Å². The van der Waals surface area contributed by atoms with Gasteiger partial charge in [0.25, 0.3) is 5.91 Å². The molecule has 1 amide bonds. The molecule has 2 aromatic rings. The van der Waals surface area contributed by atoms with Gasteiger partial charge in [0.05, 0.1) is 16.5 Å². The third kappa shape index (κ3) is 5.08. The van der Waals surface area contributed by atoms with Gasteiger partial charge in [0, 0.05) is 24.1 Å². The van der Waals surface area contributed by atoms with Crippen LogP contribution in [0.5, 0.6) is 0 Å². The van der Waals surface area contributed by atoms with E-state index in [2.05, 4.69) is 21.2 Å². The molecule has 6 nitrogen and oxygen atoms in total. The smallest absolute Gasteiger partial charge is 0.252 e. The van der Waals surface area contributed by atoms with Gasteiger partial charge in [-0.05, 0) is 78.8 Å². The highest BCUT2D eigenvalue weighted by Crippen LogP contribution is 2.26. The molecule has 9 heteroatoms.